The van der Waals surface area contributed by atoms with Crippen LogP contribution in [0, 0.1) is 0 Å². The van der Waals surface area contributed by atoms with Gasteiger partial charge in [-0.3, -0.25) is 23.4 Å². The largest absolute Gasteiger partial charge is 0.472 e. The van der Waals surface area contributed by atoms with E-state index in [1.807, 2.05) is 12.2 Å². The van der Waals surface area contributed by atoms with Crippen LogP contribution in [-0.4, -0.2) is 66.5 Å². The summed E-state index contributed by atoms with van der Waals surface area (Å²) in [4.78, 5) is 48.5. The van der Waals surface area contributed by atoms with Gasteiger partial charge in [-0.1, -0.05) is 207 Å². The van der Waals surface area contributed by atoms with Gasteiger partial charge in [0.2, 0.25) is 0 Å². The highest BCUT2D eigenvalue weighted by Gasteiger charge is 2.28. The van der Waals surface area contributed by atoms with Gasteiger partial charge in [0.1, 0.15) is 12.7 Å². The smallest absolute Gasteiger partial charge is 0.462 e. The number of phosphoric ester groups is 1. The molecule has 0 rings (SSSR count). The molecule has 3 unspecified atom stereocenters. The van der Waals surface area contributed by atoms with Crippen molar-refractivity contribution in [1.82, 2.24) is 0 Å². The van der Waals surface area contributed by atoms with Gasteiger partial charge in [0.05, 0.1) is 19.8 Å². The van der Waals surface area contributed by atoms with Crippen LogP contribution in [-0.2, 0) is 42.2 Å². The summed E-state index contributed by atoms with van der Waals surface area (Å²) in [5.41, 5.74) is 0. The molecular weight excluding hydrogens is 952 g/mol. The summed E-state index contributed by atoms with van der Waals surface area (Å²) in [7, 11) is -4.77. The van der Waals surface area contributed by atoms with Crippen molar-refractivity contribution in [3.8, 4) is 0 Å². The summed E-state index contributed by atoms with van der Waals surface area (Å²) in [5.74, 6) is -1.59. The van der Waals surface area contributed by atoms with Crippen molar-refractivity contribution in [3.63, 3.8) is 0 Å². The fourth-order valence-corrected chi connectivity index (χ4v) is 8.06. The fraction of sp³-hybridized carbons (Fsp3) is 0.661. The lowest BCUT2D eigenvalue weighted by atomic mass is 10.1. The number of phosphoric acid groups is 1. The van der Waals surface area contributed by atoms with Gasteiger partial charge in [0.15, 0.2) is 6.10 Å². The van der Waals surface area contributed by atoms with Crippen molar-refractivity contribution >= 4 is 25.7 Å². The number of carbonyl (C=O) groups is 3. The highest BCUT2D eigenvalue weighted by atomic mass is 31.2. The molecule has 3 atom stereocenters. The molecule has 0 bridgehead atoms. The van der Waals surface area contributed by atoms with Crippen LogP contribution in [0.25, 0.3) is 0 Å². The molecule has 11 nitrogen and oxygen atoms in total. The Labute approximate surface area is 450 Å². The number of ether oxygens (including phenoxy) is 3. The third-order valence-electron chi connectivity index (χ3n) is 11.7. The zero-order valence-corrected chi connectivity index (χ0v) is 47.4. The van der Waals surface area contributed by atoms with E-state index in [-0.39, 0.29) is 25.9 Å². The Hall–Kier alpha value is -3.86. The molecule has 0 aromatic heterocycles. The number of esters is 3. The van der Waals surface area contributed by atoms with E-state index in [9.17, 15) is 28.9 Å². The van der Waals surface area contributed by atoms with E-state index in [0.29, 0.717) is 25.7 Å². The van der Waals surface area contributed by atoms with E-state index in [2.05, 4.69) is 118 Å². The SMILES string of the molecule is CC/C=C\C/C=C\C/C=C\C/C=C\C/C=C\C/C=C\CCC(=O)OC(COC(=O)CCCCCCCCC/C=C\C/C=C\CCCCC)COP(=O)(O)OCC(CO)OC(=O)CCCCCCC/C=C\CCCC. The van der Waals surface area contributed by atoms with Crippen molar-refractivity contribution in [2.45, 2.75) is 238 Å². The molecule has 0 fully saturated rings. The lowest BCUT2D eigenvalue weighted by Crippen LogP contribution is -2.30. The number of unbranched alkanes of at least 4 members (excludes halogenated alkanes) is 17. The minimum atomic E-state index is -4.77. The topological polar surface area (TPSA) is 155 Å². The maximum atomic E-state index is 12.9. The van der Waals surface area contributed by atoms with Gasteiger partial charge < -0.3 is 24.2 Å². The molecule has 0 amide bonds. The van der Waals surface area contributed by atoms with Gasteiger partial charge in [0, 0.05) is 19.3 Å². The second-order valence-corrected chi connectivity index (χ2v) is 20.2. The number of hydrogen-bond acceptors (Lipinski definition) is 10. The highest BCUT2D eigenvalue weighted by Crippen LogP contribution is 2.43. The first-order valence-electron chi connectivity index (χ1n) is 28.8. The quantitative estimate of drug-likeness (QED) is 0.0197. The molecule has 0 heterocycles. The van der Waals surface area contributed by atoms with Gasteiger partial charge in [0.25, 0.3) is 0 Å². The molecule has 0 aliphatic carbocycles. The zero-order valence-electron chi connectivity index (χ0n) is 46.5. The molecule has 0 saturated heterocycles. The average Bonchev–Trinajstić information content (AvgIpc) is 3.39. The van der Waals surface area contributed by atoms with Crippen molar-refractivity contribution in [1.29, 1.82) is 0 Å². The first-order valence-corrected chi connectivity index (χ1v) is 30.3. The van der Waals surface area contributed by atoms with E-state index in [4.69, 9.17) is 23.3 Å². The van der Waals surface area contributed by atoms with Crippen LogP contribution in [0.15, 0.2) is 109 Å². The molecule has 2 N–H and O–H groups in total. The monoisotopic (exact) mass is 1050 g/mol. The van der Waals surface area contributed by atoms with Crippen LogP contribution in [0.3, 0.4) is 0 Å². The summed E-state index contributed by atoms with van der Waals surface area (Å²) < 4.78 is 39.4. The van der Waals surface area contributed by atoms with Crippen molar-refractivity contribution in [3.05, 3.63) is 109 Å². The van der Waals surface area contributed by atoms with E-state index < -0.39 is 57.8 Å². The number of hydrogen-bond donors (Lipinski definition) is 2. The Morgan fingerprint density at radius 1 is 0.392 bits per heavy atom. The van der Waals surface area contributed by atoms with Gasteiger partial charge in [-0.15, -0.1) is 0 Å². The lowest BCUT2D eigenvalue weighted by molar-refractivity contribution is -0.161. The van der Waals surface area contributed by atoms with Gasteiger partial charge in [-0.2, -0.15) is 0 Å². The summed E-state index contributed by atoms with van der Waals surface area (Å²) in [6, 6.07) is 0. The average molecular weight is 1060 g/mol. The van der Waals surface area contributed by atoms with Crippen LogP contribution < -0.4 is 0 Å². The minimum absolute atomic E-state index is 0.0355. The molecule has 12 heteroatoms. The van der Waals surface area contributed by atoms with Crippen LogP contribution in [0.1, 0.15) is 226 Å². The third-order valence-corrected chi connectivity index (χ3v) is 12.6. The Bertz CT molecular complexity index is 1660. The normalized spacial score (nSPS) is 14.2. The predicted octanol–water partition coefficient (Wildman–Crippen LogP) is 17.0. The van der Waals surface area contributed by atoms with E-state index in [1.165, 1.54) is 51.4 Å². The summed E-state index contributed by atoms with van der Waals surface area (Å²) >= 11 is 0. The van der Waals surface area contributed by atoms with E-state index >= 15 is 0 Å². The van der Waals surface area contributed by atoms with Crippen molar-refractivity contribution in [2.24, 2.45) is 0 Å². The standard InChI is InChI=1S/C62H103O11P/c1-4-7-10-13-16-19-22-24-26-28-29-31-33-35-38-41-44-47-50-53-62(66)73-59(55-69-60(64)51-48-45-42-39-37-34-32-30-27-25-23-20-17-14-11-8-5-2)57-71-74(67,68)70-56-58(54-63)72-61(65)52-49-46-43-40-36-21-18-15-12-9-6-3/h7,10,15-20,24-27,29,31,35,38,44,47,58-59,63H,4-6,8-9,11-14,21-23,28,30,32-34,36-37,39-43,45-46,48-57H2,1-3H3,(H,67,68)/b10-7-,18-15-,19-16-,20-17-,26-24-,27-25-,31-29-,38-35-,47-44-. The second-order valence-electron chi connectivity index (χ2n) is 18.7. The molecule has 0 aromatic carbocycles. The Morgan fingerprint density at radius 2 is 0.743 bits per heavy atom. The van der Waals surface area contributed by atoms with Gasteiger partial charge >= 0.3 is 25.7 Å². The number of carbonyl (C=O) groups excluding carboxylic acids is 3. The van der Waals surface area contributed by atoms with Crippen LogP contribution >= 0.6 is 7.82 Å². The van der Waals surface area contributed by atoms with Gasteiger partial charge in [-0.25, -0.2) is 4.57 Å². The number of rotatable bonds is 52. The summed E-state index contributed by atoms with van der Waals surface area (Å²) in [5, 5.41) is 9.79. The zero-order chi connectivity index (χ0) is 54.1. The third kappa shape index (κ3) is 53.0. The van der Waals surface area contributed by atoms with Gasteiger partial charge in [-0.05, 0) is 109 Å². The maximum absolute atomic E-state index is 12.9. The Kier molecular flexibility index (Phi) is 52.5. The molecule has 422 valence electrons. The molecule has 0 radical (unpaired) electrons. The van der Waals surface area contributed by atoms with E-state index in [0.717, 1.165) is 109 Å². The first kappa shape index (κ1) is 70.1. The Morgan fingerprint density at radius 3 is 1.22 bits per heavy atom. The van der Waals surface area contributed by atoms with Crippen molar-refractivity contribution in [2.75, 3.05) is 26.4 Å². The van der Waals surface area contributed by atoms with Crippen molar-refractivity contribution < 1.29 is 52.2 Å². The lowest BCUT2D eigenvalue weighted by Gasteiger charge is -2.21. The van der Waals surface area contributed by atoms with Crippen LogP contribution in [0.5, 0.6) is 0 Å². The second kappa shape index (κ2) is 55.4. The first-order chi connectivity index (χ1) is 36.2. The summed E-state index contributed by atoms with van der Waals surface area (Å²) in [6.07, 6.45) is 66.4. The molecular formula is C62H103O11P. The molecule has 0 aromatic rings. The minimum Gasteiger partial charge on any atom is -0.462 e. The number of aliphatic hydroxyl groups excluding tert-OH is 1. The maximum Gasteiger partial charge on any atom is 0.472 e. The number of aliphatic hydroxyl groups is 1. The predicted molar refractivity (Wildman–Crippen MR) is 307 cm³/mol. The molecule has 74 heavy (non-hydrogen) atoms. The van der Waals surface area contributed by atoms with Crippen LogP contribution in [0.2, 0.25) is 0 Å². The Balaban J connectivity index is 4.87. The number of allylic oxidation sites excluding steroid dienone is 18. The molecule has 0 aliphatic heterocycles. The molecule has 0 spiro atoms. The van der Waals surface area contributed by atoms with E-state index in [1.54, 1.807) is 0 Å². The fourth-order valence-electron chi connectivity index (χ4n) is 7.27. The molecule has 0 saturated carbocycles. The summed E-state index contributed by atoms with van der Waals surface area (Å²) in [6.45, 7) is 4.35. The highest BCUT2D eigenvalue weighted by molar-refractivity contribution is 7.47. The molecule has 0 aliphatic rings. The van der Waals surface area contributed by atoms with Crippen LogP contribution in [0.4, 0.5) is 0 Å².